The van der Waals surface area contributed by atoms with Crippen LogP contribution in [0.25, 0.3) is 0 Å². The van der Waals surface area contributed by atoms with Gasteiger partial charge in [0.15, 0.2) is 5.75 Å². The molecular formula is C17H19N3O6. The highest BCUT2D eigenvalue weighted by Crippen LogP contribution is 2.30. The van der Waals surface area contributed by atoms with E-state index >= 15 is 0 Å². The molecule has 0 spiro atoms. The molecule has 0 unspecified atom stereocenters. The lowest BCUT2D eigenvalue weighted by molar-refractivity contribution is 0.0597. The minimum Gasteiger partial charge on any atom is -0.490 e. The smallest absolute Gasteiger partial charge is 0.342 e. The number of hydrogen-bond acceptors (Lipinski definition) is 9. The number of aromatic nitrogens is 2. The second-order valence-corrected chi connectivity index (χ2v) is 4.86. The molecular weight excluding hydrogens is 342 g/mol. The van der Waals surface area contributed by atoms with Crippen LogP contribution >= 0.6 is 0 Å². The van der Waals surface area contributed by atoms with Crippen LogP contribution in [0.1, 0.15) is 22.8 Å². The number of ether oxygens (including phenoxy) is 4. The molecule has 0 N–H and O–H groups in total. The second kappa shape index (κ2) is 8.65. The Morgan fingerprint density at radius 2 is 1.85 bits per heavy atom. The zero-order valence-electron chi connectivity index (χ0n) is 15.1. The molecule has 0 radical (unpaired) electrons. The van der Waals surface area contributed by atoms with Crippen molar-refractivity contribution in [3.8, 4) is 23.4 Å². The number of rotatable bonds is 7. The first-order valence-electron chi connectivity index (χ1n) is 7.48. The monoisotopic (exact) mass is 361 g/mol. The van der Waals surface area contributed by atoms with Crippen molar-refractivity contribution in [2.45, 2.75) is 6.92 Å². The highest BCUT2D eigenvalue weighted by molar-refractivity contribution is 6.09. The number of nitrogens with zero attached hydrogens (tertiary/aromatic N) is 3. The summed E-state index contributed by atoms with van der Waals surface area (Å²) in [5, 5.41) is 3.86. The molecule has 9 heteroatoms. The summed E-state index contributed by atoms with van der Waals surface area (Å²) >= 11 is 0. The normalized spacial score (nSPS) is 10.9. The van der Waals surface area contributed by atoms with E-state index in [-0.39, 0.29) is 23.2 Å². The molecule has 1 aromatic heterocycles. The second-order valence-electron chi connectivity index (χ2n) is 4.86. The molecule has 2 aromatic rings. The van der Waals surface area contributed by atoms with Gasteiger partial charge in [-0.25, -0.2) is 4.79 Å². The van der Waals surface area contributed by atoms with Crippen LogP contribution in [-0.4, -0.2) is 50.1 Å². The number of carbonyl (C=O) groups is 1. The van der Waals surface area contributed by atoms with Crippen molar-refractivity contribution >= 4 is 11.7 Å². The van der Waals surface area contributed by atoms with Gasteiger partial charge in [0.1, 0.15) is 18.4 Å². The van der Waals surface area contributed by atoms with Crippen LogP contribution in [0.5, 0.6) is 23.4 Å². The Hall–Kier alpha value is -3.36. The van der Waals surface area contributed by atoms with E-state index < -0.39 is 5.97 Å². The third kappa shape index (κ3) is 4.00. The topological polar surface area (TPSA) is 101 Å². The molecule has 0 saturated carbocycles. The molecule has 1 heterocycles. The van der Waals surface area contributed by atoms with Gasteiger partial charge in [-0.2, -0.15) is 9.97 Å². The summed E-state index contributed by atoms with van der Waals surface area (Å²) in [4.78, 5) is 25.2. The third-order valence-electron chi connectivity index (χ3n) is 3.35. The summed E-state index contributed by atoms with van der Waals surface area (Å²) in [7, 11) is 5.61. The fraction of sp³-hybridized carbons (Fsp3) is 0.294. The van der Waals surface area contributed by atoms with Crippen molar-refractivity contribution in [1.82, 2.24) is 9.97 Å². The van der Waals surface area contributed by atoms with Gasteiger partial charge in [0.2, 0.25) is 0 Å². The predicted octanol–water partition coefficient (Wildman–Crippen LogP) is 2.44. The zero-order valence-corrected chi connectivity index (χ0v) is 15.1. The molecule has 9 nitrogen and oxygen atoms in total. The van der Waals surface area contributed by atoms with Crippen LogP contribution in [0.2, 0.25) is 0 Å². The van der Waals surface area contributed by atoms with Gasteiger partial charge in [-0.3, -0.25) is 0 Å². The molecule has 0 bridgehead atoms. The lowest BCUT2D eigenvalue weighted by atomic mass is 10.0. The minimum atomic E-state index is -0.596. The van der Waals surface area contributed by atoms with E-state index in [0.717, 1.165) is 0 Å². The van der Waals surface area contributed by atoms with Gasteiger partial charge in [-0.15, -0.1) is 0 Å². The van der Waals surface area contributed by atoms with E-state index in [9.17, 15) is 4.79 Å². The molecule has 0 saturated heterocycles. The van der Waals surface area contributed by atoms with Crippen molar-refractivity contribution in [3.05, 3.63) is 35.5 Å². The Kier molecular flexibility index (Phi) is 6.31. The van der Waals surface area contributed by atoms with Gasteiger partial charge in [0, 0.05) is 5.56 Å². The maximum absolute atomic E-state index is 12.3. The fourth-order valence-electron chi connectivity index (χ4n) is 2.19. The van der Waals surface area contributed by atoms with E-state index in [1.165, 1.54) is 34.6 Å². The molecule has 138 valence electrons. The van der Waals surface area contributed by atoms with E-state index in [4.69, 9.17) is 23.8 Å². The quantitative estimate of drug-likeness (QED) is 0.421. The van der Waals surface area contributed by atoms with E-state index in [2.05, 4.69) is 15.1 Å². The summed E-state index contributed by atoms with van der Waals surface area (Å²) in [5.74, 6) is 0.157. The van der Waals surface area contributed by atoms with Gasteiger partial charge < -0.3 is 23.8 Å². The van der Waals surface area contributed by atoms with Gasteiger partial charge in [0.05, 0.1) is 33.2 Å². The third-order valence-corrected chi connectivity index (χ3v) is 3.35. The molecule has 26 heavy (non-hydrogen) atoms. The molecule has 1 aromatic carbocycles. The predicted molar refractivity (Wildman–Crippen MR) is 92.2 cm³/mol. The van der Waals surface area contributed by atoms with Crippen LogP contribution in [0.3, 0.4) is 0 Å². The SMILES string of the molecule is CO/N=C(\C)c1cccc(Oc2ncc(OC)c(OC)n2)c1C(=O)OC. The molecule has 0 aliphatic carbocycles. The Balaban J connectivity index is 2.51. The Labute approximate surface area is 150 Å². The summed E-state index contributed by atoms with van der Waals surface area (Å²) in [6.45, 7) is 1.70. The van der Waals surface area contributed by atoms with Crippen LogP contribution in [0.15, 0.2) is 29.6 Å². The fourth-order valence-corrected chi connectivity index (χ4v) is 2.19. The van der Waals surface area contributed by atoms with Crippen LogP contribution < -0.4 is 14.2 Å². The van der Waals surface area contributed by atoms with Crippen molar-refractivity contribution in [1.29, 1.82) is 0 Å². The lowest BCUT2D eigenvalue weighted by Gasteiger charge is -2.13. The highest BCUT2D eigenvalue weighted by atomic mass is 16.6. The summed E-state index contributed by atoms with van der Waals surface area (Å²) in [6, 6.07) is 4.97. The number of benzene rings is 1. The molecule has 2 rings (SSSR count). The summed E-state index contributed by atoms with van der Waals surface area (Å²) in [6.07, 6.45) is 1.40. The Morgan fingerprint density at radius 1 is 1.08 bits per heavy atom. The Bertz CT molecular complexity index is 822. The minimum absolute atomic E-state index is 0.0220. The van der Waals surface area contributed by atoms with E-state index in [0.29, 0.717) is 17.0 Å². The van der Waals surface area contributed by atoms with E-state index in [1.54, 1.807) is 25.1 Å². The number of esters is 1. The van der Waals surface area contributed by atoms with Crippen molar-refractivity contribution in [3.63, 3.8) is 0 Å². The van der Waals surface area contributed by atoms with Crippen molar-refractivity contribution < 1.29 is 28.6 Å². The largest absolute Gasteiger partial charge is 0.490 e. The van der Waals surface area contributed by atoms with Crippen LogP contribution in [0, 0.1) is 0 Å². The van der Waals surface area contributed by atoms with Gasteiger partial charge in [-0.05, 0) is 13.0 Å². The van der Waals surface area contributed by atoms with Crippen molar-refractivity contribution in [2.24, 2.45) is 5.16 Å². The molecule has 0 amide bonds. The Morgan fingerprint density at radius 3 is 2.46 bits per heavy atom. The first kappa shape index (κ1) is 19.0. The number of hydrogen-bond donors (Lipinski definition) is 0. The summed E-state index contributed by atoms with van der Waals surface area (Å²) in [5.41, 5.74) is 1.15. The van der Waals surface area contributed by atoms with Gasteiger partial charge >= 0.3 is 12.0 Å². The average Bonchev–Trinajstić information content (AvgIpc) is 2.67. The standard InChI is InChI=1S/C17H19N3O6/c1-10(20-25-5)11-7-6-8-12(14(11)16(21)24-4)26-17-18-9-13(22-2)15(19-17)23-3/h6-9H,1-5H3/b20-10+. The number of oxime groups is 1. The van der Waals surface area contributed by atoms with E-state index in [1.807, 2.05) is 0 Å². The first-order valence-corrected chi connectivity index (χ1v) is 7.48. The first-order chi connectivity index (χ1) is 12.5. The molecule has 0 aliphatic rings. The van der Waals surface area contributed by atoms with Gasteiger partial charge in [-0.1, -0.05) is 17.3 Å². The van der Waals surface area contributed by atoms with Crippen LogP contribution in [0.4, 0.5) is 0 Å². The maximum Gasteiger partial charge on any atom is 0.342 e. The number of methoxy groups -OCH3 is 3. The molecule has 0 atom stereocenters. The zero-order chi connectivity index (χ0) is 19.1. The highest BCUT2D eigenvalue weighted by Gasteiger charge is 2.22. The molecule has 0 fully saturated rings. The average molecular weight is 361 g/mol. The number of carbonyl (C=O) groups excluding carboxylic acids is 1. The molecule has 0 aliphatic heterocycles. The maximum atomic E-state index is 12.3. The van der Waals surface area contributed by atoms with Crippen molar-refractivity contribution in [2.75, 3.05) is 28.4 Å². The van der Waals surface area contributed by atoms with Crippen LogP contribution in [-0.2, 0) is 9.57 Å². The van der Waals surface area contributed by atoms with Gasteiger partial charge in [0.25, 0.3) is 5.88 Å². The summed E-state index contributed by atoms with van der Waals surface area (Å²) < 4.78 is 20.8. The lowest BCUT2D eigenvalue weighted by Crippen LogP contribution is -2.11.